The zero-order valence-electron chi connectivity index (χ0n) is 14.3. The summed E-state index contributed by atoms with van der Waals surface area (Å²) in [6, 6.07) is 5.74. The number of amides is 1. The first-order chi connectivity index (χ1) is 11.1. The molecule has 3 rings (SSSR count). The van der Waals surface area contributed by atoms with Crippen molar-refractivity contribution in [1.29, 1.82) is 0 Å². The fourth-order valence-electron chi connectivity index (χ4n) is 2.93. The van der Waals surface area contributed by atoms with Crippen molar-refractivity contribution in [1.82, 2.24) is 20.1 Å². The van der Waals surface area contributed by atoms with Gasteiger partial charge in [-0.2, -0.15) is 10.1 Å². The molecule has 7 heteroatoms. The van der Waals surface area contributed by atoms with Gasteiger partial charge >= 0.3 is 0 Å². The molecule has 1 aliphatic rings. The van der Waals surface area contributed by atoms with E-state index in [1.807, 2.05) is 39.1 Å². The van der Waals surface area contributed by atoms with Crippen LogP contribution in [0.5, 0.6) is 0 Å². The minimum Gasteiger partial charge on any atom is -0.317 e. The molecule has 1 aromatic heterocycles. The van der Waals surface area contributed by atoms with Crippen LogP contribution in [-0.2, 0) is 7.05 Å². The van der Waals surface area contributed by atoms with Crippen LogP contribution in [0.2, 0.25) is 0 Å². The van der Waals surface area contributed by atoms with Gasteiger partial charge in [0.15, 0.2) is 5.82 Å². The molecule has 0 aliphatic carbocycles. The van der Waals surface area contributed by atoms with Crippen LogP contribution < -0.4 is 10.6 Å². The Balaban J connectivity index is 0.00000208. The number of aromatic nitrogens is 3. The summed E-state index contributed by atoms with van der Waals surface area (Å²) in [7, 11) is 1.82. The van der Waals surface area contributed by atoms with Crippen molar-refractivity contribution in [2.45, 2.75) is 32.6 Å². The number of nitrogens with zero attached hydrogens (tertiary/aromatic N) is 3. The summed E-state index contributed by atoms with van der Waals surface area (Å²) in [5, 5.41) is 10.7. The van der Waals surface area contributed by atoms with Gasteiger partial charge in [-0.1, -0.05) is 12.1 Å². The smallest absolute Gasteiger partial charge is 0.258 e. The van der Waals surface area contributed by atoms with E-state index < -0.39 is 0 Å². The van der Waals surface area contributed by atoms with E-state index in [0.717, 1.165) is 42.9 Å². The van der Waals surface area contributed by atoms with E-state index in [1.165, 1.54) is 0 Å². The predicted molar refractivity (Wildman–Crippen MR) is 97.0 cm³/mol. The Labute approximate surface area is 148 Å². The van der Waals surface area contributed by atoms with Gasteiger partial charge < -0.3 is 5.32 Å². The van der Waals surface area contributed by atoms with Gasteiger partial charge in [-0.15, -0.1) is 12.4 Å². The molecule has 2 N–H and O–H groups in total. The summed E-state index contributed by atoms with van der Waals surface area (Å²) in [5.41, 5.74) is 2.77. The first kappa shape index (κ1) is 18.4. The number of piperidine rings is 1. The quantitative estimate of drug-likeness (QED) is 0.893. The third kappa shape index (κ3) is 3.76. The molecule has 0 atom stereocenters. The maximum absolute atomic E-state index is 12.5. The Hall–Kier alpha value is -1.92. The number of carbonyl (C=O) groups excluding carboxylic acids is 1. The van der Waals surface area contributed by atoms with E-state index in [0.29, 0.717) is 17.4 Å². The highest BCUT2D eigenvalue weighted by molar-refractivity contribution is 6.04. The topological polar surface area (TPSA) is 71.8 Å². The number of anilines is 1. The van der Waals surface area contributed by atoms with Crippen molar-refractivity contribution >= 4 is 24.3 Å². The summed E-state index contributed by atoms with van der Waals surface area (Å²) >= 11 is 0. The van der Waals surface area contributed by atoms with Crippen LogP contribution in [0.25, 0.3) is 0 Å². The summed E-state index contributed by atoms with van der Waals surface area (Å²) in [5.74, 6) is 1.56. The summed E-state index contributed by atoms with van der Waals surface area (Å²) in [6.07, 6.45) is 2.07. The van der Waals surface area contributed by atoms with Crippen LogP contribution >= 0.6 is 12.4 Å². The van der Waals surface area contributed by atoms with Gasteiger partial charge in [0.25, 0.3) is 5.91 Å². The largest absolute Gasteiger partial charge is 0.317 e. The van der Waals surface area contributed by atoms with E-state index in [1.54, 1.807) is 4.68 Å². The normalized spacial score (nSPS) is 15.0. The summed E-state index contributed by atoms with van der Waals surface area (Å²) in [6.45, 7) is 5.95. The van der Waals surface area contributed by atoms with Crippen LogP contribution in [-0.4, -0.2) is 33.8 Å². The highest BCUT2D eigenvalue weighted by atomic mass is 35.5. The third-order valence-electron chi connectivity index (χ3n) is 4.56. The van der Waals surface area contributed by atoms with Crippen molar-refractivity contribution in [3.8, 4) is 0 Å². The van der Waals surface area contributed by atoms with E-state index in [4.69, 9.17) is 0 Å². The van der Waals surface area contributed by atoms with Crippen molar-refractivity contribution in [2.24, 2.45) is 7.05 Å². The number of halogens is 1. The van der Waals surface area contributed by atoms with Gasteiger partial charge in [-0.25, -0.2) is 4.68 Å². The number of hydrogen-bond donors (Lipinski definition) is 2. The second-order valence-corrected chi connectivity index (χ2v) is 6.14. The second-order valence-electron chi connectivity index (χ2n) is 6.14. The van der Waals surface area contributed by atoms with Crippen molar-refractivity contribution in [3.05, 3.63) is 40.7 Å². The Morgan fingerprint density at radius 3 is 2.71 bits per heavy atom. The molecule has 1 aromatic carbocycles. The van der Waals surface area contributed by atoms with Gasteiger partial charge in [0.1, 0.15) is 0 Å². The SMILES string of the molecule is Cc1cccc(C(=O)Nc2nc(C3CCNCC3)nn2C)c1C.Cl. The van der Waals surface area contributed by atoms with Crippen molar-refractivity contribution < 1.29 is 4.79 Å². The average molecular weight is 350 g/mol. The monoisotopic (exact) mass is 349 g/mol. The number of carbonyl (C=O) groups is 1. The Morgan fingerprint density at radius 1 is 1.29 bits per heavy atom. The third-order valence-corrected chi connectivity index (χ3v) is 4.56. The molecule has 0 unspecified atom stereocenters. The molecule has 2 heterocycles. The van der Waals surface area contributed by atoms with Gasteiger partial charge in [0, 0.05) is 18.5 Å². The Bertz CT molecular complexity index is 722. The minimum absolute atomic E-state index is 0. The summed E-state index contributed by atoms with van der Waals surface area (Å²) < 4.78 is 1.65. The lowest BCUT2D eigenvalue weighted by atomic mass is 9.98. The molecule has 0 saturated carbocycles. The van der Waals surface area contributed by atoms with Crippen LogP contribution in [0, 0.1) is 13.8 Å². The number of nitrogens with one attached hydrogen (secondary N) is 2. The molecule has 6 nitrogen and oxygen atoms in total. The van der Waals surface area contributed by atoms with Crippen LogP contribution in [0.1, 0.15) is 46.1 Å². The standard InChI is InChI=1S/C17H23N5O.ClH/c1-11-5-4-6-14(12(11)2)16(23)20-17-19-15(21-22(17)3)13-7-9-18-10-8-13;/h4-6,13,18H,7-10H2,1-3H3,(H,19,20,21,23);1H. The molecular formula is C17H24ClN5O. The average Bonchev–Trinajstić information content (AvgIpc) is 2.92. The zero-order valence-corrected chi connectivity index (χ0v) is 15.1. The molecule has 1 fully saturated rings. The highest BCUT2D eigenvalue weighted by Gasteiger charge is 2.21. The molecule has 0 radical (unpaired) electrons. The molecule has 2 aromatic rings. The zero-order chi connectivity index (χ0) is 16.4. The minimum atomic E-state index is -0.140. The molecule has 1 saturated heterocycles. The number of hydrogen-bond acceptors (Lipinski definition) is 4. The lowest BCUT2D eigenvalue weighted by molar-refractivity contribution is 0.102. The number of rotatable bonds is 3. The van der Waals surface area contributed by atoms with E-state index >= 15 is 0 Å². The molecular weight excluding hydrogens is 326 g/mol. The Kier molecular flexibility index (Phi) is 5.96. The molecule has 24 heavy (non-hydrogen) atoms. The first-order valence-electron chi connectivity index (χ1n) is 8.05. The van der Waals surface area contributed by atoms with E-state index in [-0.39, 0.29) is 18.3 Å². The molecule has 0 spiro atoms. The van der Waals surface area contributed by atoms with E-state index in [9.17, 15) is 4.79 Å². The molecule has 1 amide bonds. The van der Waals surface area contributed by atoms with Crippen molar-refractivity contribution in [2.75, 3.05) is 18.4 Å². The Morgan fingerprint density at radius 2 is 2.00 bits per heavy atom. The van der Waals surface area contributed by atoms with Crippen molar-refractivity contribution in [3.63, 3.8) is 0 Å². The predicted octanol–water partition coefficient (Wildman–Crippen LogP) is 2.57. The van der Waals surface area contributed by atoms with Gasteiger partial charge in [0.05, 0.1) is 0 Å². The van der Waals surface area contributed by atoms with Gasteiger partial charge in [-0.05, 0) is 57.0 Å². The molecule has 1 aliphatic heterocycles. The van der Waals surface area contributed by atoms with Crippen LogP contribution in [0.3, 0.4) is 0 Å². The van der Waals surface area contributed by atoms with Gasteiger partial charge in [0.2, 0.25) is 5.95 Å². The lowest BCUT2D eigenvalue weighted by Crippen LogP contribution is -2.27. The lowest BCUT2D eigenvalue weighted by Gasteiger charge is -2.19. The van der Waals surface area contributed by atoms with Crippen LogP contribution in [0.4, 0.5) is 5.95 Å². The van der Waals surface area contributed by atoms with E-state index in [2.05, 4.69) is 20.7 Å². The first-order valence-corrected chi connectivity index (χ1v) is 8.05. The molecule has 0 bridgehead atoms. The fourth-order valence-corrected chi connectivity index (χ4v) is 2.93. The highest BCUT2D eigenvalue weighted by Crippen LogP contribution is 2.23. The van der Waals surface area contributed by atoms with Crippen LogP contribution in [0.15, 0.2) is 18.2 Å². The fraction of sp³-hybridized carbons (Fsp3) is 0.471. The maximum atomic E-state index is 12.5. The number of benzene rings is 1. The second kappa shape index (κ2) is 7.77. The van der Waals surface area contributed by atoms with Gasteiger partial charge in [-0.3, -0.25) is 10.1 Å². The summed E-state index contributed by atoms with van der Waals surface area (Å²) in [4.78, 5) is 17.1. The maximum Gasteiger partial charge on any atom is 0.258 e. The molecule has 130 valence electrons. The number of aryl methyl sites for hydroxylation is 2.